The smallest absolute Gasteiger partial charge is 0.146 e. The third-order valence-electron chi connectivity index (χ3n) is 8.72. The maximum atomic E-state index is 5.08. The topological polar surface area (TPSA) is 20.5 Å². The molecule has 2 heterocycles. The molecule has 0 radical (unpaired) electrons. The molecule has 0 N–H and O–H groups in total. The highest BCUT2D eigenvalue weighted by atomic mass is 15.1. The Hall–Kier alpha value is -5.93. The van der Waals surface area contributed by atoms with Gasteiger partial charge in [-0.05, 0) is 82.6 Å². The van der Waals surface area contributed by atoms with Crippen molar-refractivity contribution in [2.24, 2.45) is 0 Å². The summed E-state index contributed by atoms with van der Waals surface area (Å²) in [6.07, 6.45) is 0. The lowest BCUT2D eigenvalue weighted by molar-refractivity contribution is 1.30. The van der Waals surface area contributed by atoms with E-state index in [4.69, 9.17) is 4.98 Å². The van der Waals surface area contributed by atoms with Crippen LogP contribution in [0, 0.1) is 0 Å². The fourth-order valence-corrected chi connectivity index (χ4v) is 6.72. The molecule has 0 unspecified atom stereocenters. The van der Waals surface area contributed by atoms with Gasteiger partial charge in [-0.2, -0.15) is 0 Å². The number of nitrogens with zero attached hydrogens (tertiary/aromatic N) is 3. The molecule has 3 nitrogen and oxygen atoms in total. The third kappa shape index (κ3) is 3.80. The van der Waals surface area contributed by atoms with Crippen LogP contribution in [0.4, 0.5) is 17.1 Å². The summed E-state index contributed by atoms with van der Waals surface area (Å²) in [6.45, 7) is 0. The number of hydrogen-bond acceptors (Lipinski definition) is 2. The summed E-state index contributed by atoms with van der Waals surface area (Å²) < 4.78 is 2.30. The van der Waals surface area contributed by atoms with Crippen molar-refractivity contribution in [3.63, 3.8) is 0 Å². The van der Waals surface area contributed by atoms with Crippen LogP contribution in [0.3, 0.4) is 0 Å². The van der Waals surface area contributed by atoms with Gasteiger partial charge in [-0.3, -0.25) is 4.40 Å². The van der Waals surface area contributed by atoms with Crippen LogP contribution < -0.4 is 4.90 Å². The molecule has 0 saturated carbocycles. The maximum Gasteiger partial charge on any atom is 0.146 e. The number of fused-ring (bicyclic) bond motifs is 9. The van der Waals surface area contributed by atoms with Gasteiger partial charge in [-0.1, -0.05) is 103 Å². The van der Waals surface area contributed by atoms with Gasteiger partial charge in [0.2, 0.25) is 0 Å². The van der Waals surface area contributed by atoms with E-state index in [1.54, 1.807) is 0 Å². The van der Waals surface area contributed by atoms with Gasteiger partial charge in [0.1, 0.15) is 5.65 Å². The van der Waals surface area contributed by atoms with Crippen LogP contribution in [0.25, 0.3) is 60.3 Å². The summed E-state index contributed by atoms with van der Waals surface area (Å²) in [5.74, 6) is 0. The van der Waals surface area contributed by atoms with Crippen LogP contribution in [0.1, 0.15) is 0 Å². The van der Waals surface area contributed by atoms with E-state index in [1.807, 2.05) is 0 Å². The van der Waals surface area contributed by atoms with Crippen molar-refractivity contribution in [2.75, 3.05) is 4.90 Å². The molecule has 0 saturated heterocycles. The number of aromatic nitrogens is 2. The molecule has 9 rings (SSSR count). The van der Waals surface area contributed by atoms with E-state index < -0.39 is 0 Å². The summed E-state index contributed by atoms with van der Waals surface area (Å²) >= 11 is 0. The van der Waals surface area contributed by atoms with Crippen LogP contribution in [0.5, 0.6) is 0 Å². The summed E-state index contributed by atoms with van der Waals surface area (Å²) in [7, 11) is 0. The van der Waals surface area contributed by atoms with Crippen molar-refractivity contribution < 1.29 is 0 Å². The molecule has 9 aromatic rings. The molecule has 0 aliphatic heterocycles. The molecule has 0 amide bonds. The normalized spacial score (nSPS) is 11.6. The van der Waals surface area contributed by atoms with E-state index >= 15 is 0 Å². The largest absolute Gasteiger partial charge is 0.310 e. The molecule has 0 aliphatic rings. The Balaban J connectivity index is 1.26. The molecule has 206 valence electrons. The molecule has 0 atom stereocenters. The van der Waals surface area contributed by atoms with Gasteiger partial charge in [-0.15, -0.1) is 0 Å². The molecule has 0 aliphatic carbocycles. The summed E-state index contributed by atoms with van der Waals surface area (Å²) in [6, 6.07) is 58.5. The Morgan fingerprint density at radius 1 is 0.432 bits per heavy atom. The first kappa shape index (κ1) is 24.6. The van der Waals surface area contributed by atoms with Crippen LogP contribution in [0.2, 0.25) is 0 Å². The first-order chi connectivity index (χ1) is 21.8. The fraction of sp³-hybridized carbons (Fsp3) is 0. The summed E-state index contributed by atoms with van der Waals surface area (Å²) in [5, 5.41) is 6.03. The van der Waals surface area contributed by atoms with Gasteiger partial charge in [0, 0.05) is 27.5 Å². The Morgan fingerprint density at radius 3 is 2.02 bits per heavy atom. The average Bonchev–Trinajstić information content (AvgIpc) is 3.49. The SMILES string of the molecule is c1ccc(N(c2cccc(-c3ccc4c(c3)c3ccccc3n3c5ccccc5nc43)c2)c2cccc3ccccc23)cc1. The molecule has 44 heavy (non-hydrogen) atoms. The highest BCUT2D eigenvalue weighted by molar-refractivity contribution is 6.14. The molecular weight excluding hydrogens is 534 g/mol. The predicted octanol–water partition coefficient (Wildman–Crippen LogP) is 11.1. The van der Waals surface area contributed by atoms with Gasteiger partial charge in [0.05, 0.1) is 22.2 Å². The van der Waals surface area contributed by atoms with E-state index in [-0.39, 0.29) is 0 Å². The van der Waals surface area contributed by atoms with Gasteiger partial charge in [0.15, 0.2) is 0 Å². The maximum absolute atomic E-state index is 5.08. The zero-order chi connectivity index (χ0) is 29.0. The highest BCUT2D eigenvalue weighted by Crippen LogP contribution is 2.41. The van der Waals surface area contributed by atoms with Crippen LogP contribution >= 0.6 is 0 Å². The number of benzene rings is 7. The molecule has 0 spiro atoms. The predicted molar refractivity (Wildman–Crippen MR) is 185 cm³/mol. The monoisotopic (exact) mass is 561 g/mol. The molecule has 0 bridgehead atoms. The van der Waals surface area contributed by atoms with Crippen molar-refractivity contribution in [1.29, 1.82) is 0 Å². The first-order valence-electron chi connectivity index (χ1n) is 15.0. The second kappa shape index (κ2) is 9.82. The van der Waals surface area contributed by atoms with Crippen molar-refractivity contribution in [1.82, 2.24) is 9.38 Å². The minimum atomic E-state index is 0.992. The number of pyridine rings is 1. The minimum absolute atomic E-state index is 0.992. The van der Waals surface area contributed by atoms with Gasteiger partial charge >= 0.3 is 0 Å². The first-order valence-corrected chi connectivity index (χ1v) is 15.0. The molecule has 0 fully saturated rings. The van der Waals surface area contributed by atoms with Crippen LogP contribution in [0.15, 0.2) is 164 Å². The van der Waals surface area contributed by atoms with E-state index in [0.717, 1.165) is 39.1 Å². The number of rotatable bonds is 4. The minimum Gasteiger partial charge on any atom is -0.310 e. The van der Waals surface area contributed by atoms with E-state index in [2.05, 4.69) is 173 Å². The summed E-state index contributed by atoms with van der Waals surface area (Å²) in [4.78, 5) is 7.44. The van der Waals surface area contributed by atoms with E-state index in [0.29, 0.717) is 0 Å². The lowest BCUT2D eigenvalue weighted by Crippen LogP contribution is -2.10. The van der Waals surface area contributed by atoms with Gasteiger partial charge in [-0.25, -0.2) is 4.98 Å². The Labute approximate surface area is 254 Å². The zero-order valence-electron chi connectivity index (χ0n) is 23.9. The van der Waals surface area contributed by atoms with Crippen LogP contribution in [-0.4, -0.2) is 9.38 Å². The molecule has 7 aromatic carbocycles. The zero-order valence-corrected chi connectivity index (χ0v) is 23.9. The fourth-order valence-electron chi connectivity index (χ4n) is 6.72. The standard InChI is InChI=1S/C41H27N3/c1-2-15-31(16-3-1)43(38-23-11-13-28-12-4-5-18-33(28)38)32-17-10-14-29(26-32)30-24-25-35-36(27-30)34-19-6-8-21-39(34)44-40-22-9-7-20-37(40)42-41(35)44/h1-27H. The Kier molecular flexibility index (Phi) is 5.50. The second-order valence-electron chi connectivity index (χ2n) is 11.3. The van der Waals surface area contributed by atoms with E-state index in [1.165, 1.54) is 38.2 Å². The average molecular weight is 562 g/mol. The second-order valence-corrected chi connectivity index (χ2v) is 11.3. The number of para-hydroxylation sites is 4. The van der Waals surface area contributed by atoms with Crippen molar-refractivity contribution in [3.05, 3.63) is 164 Å². The van der Waals surface area contributed by atoms with Crippen molar-refractivity contribution in [2.45, 2.75) is 0 Å². The molecule has 2 aromatic heterocycles. The Bertz CT molecular complexity index is 2500. The molecular formula is C41H27N3. The van der Waals surface area contributed by atoms with Crippen molar-refractivity contribution in [3.8, 4) is 11.1 Å². The van der Waals surface area contributed by atoms with Crippen molar-refractivity contribution >= 4 is 66.2 Å². The quantitative estimate of drug-likeness (QED) is 0.199. The number of imidazole rings is 1. The van der Waals surface area contributed by atoms with Crippen LogP contribution in [-0.2, 0) is 0 Å². The number of anilines is 3. The number of hydrogen-bond donors (Lipinski definition) is 0. The summed E-state index contributed by atoms with van der Waals surface area (Å²) in [5.41, 5.74) is 10.0. The lowest BCUT2D eigenvalue weighted by atomic mass is 9.98. The lowest BCUT2D eigenvalue weighted by Gasteiger charge is -2.27. The van der Waals surface area contributed by atoms with Gasteiger partial charge in [0.25, 0.3) is 0 Å². The third-order valence-corrected chi connectivity index (χ3v) is 8.72. The molecule has 3 heteroatoms. The highest BCUT2D eigenvalue weighted by Gasteiger charge is 2.17. The van der Waals surface area contributed by atoms with Gasteiger partial charge < -0.3 is 4.90 Å². The Morgan fingerprint density at radius 2 is 1.11 bits per heavy atom. The van der Waals surface area contributed by atoms with E-state index in [9.17, 15) is 0 Å².